The van der Waals surface area contributed by atoms with Gasteiger partial charge >= 0.3 is 0 Å². The van der Waals surface area contributed by atoms with Gasteiger partial charge in [0.1, 0.15) is 0 Å². The topological polar surface area (TPSA) is 80.5 Å². The predicted molar refractivity (Wildman–Crippen MR) is 98.5 cm³/mol. The molecule has 0 saturated carbocycles. The van der Waals surface area contributed by atoms with Crippen molar-refractivity contribution in [2.75, 3.05) is 7.05 Å². The number of aryl methyl sites for hydroxylation is 2. The van der Waals surface area contributed by atoms with E-state index in [-0.39, 0.29) is 16.8 Å². The zero-order valence-electron chi connectivity index (χ0n) is 14.8. The van der Waals surface area contributed by atoms with Gasteiger partial charge in [0.05, 0.1) is 10.9 Å². The van der Waals surface area contributed by atoms with E-state index in [9.17, 15) is 13.2 Å². The van der Waals surface area contributed by atoms with E-state index in [4.69, 9.17) is 5.14 Å². The molecular formula is C19H24N2O3S. The van der Waals surface area contributed by atoms with Crippen LogP contribution in [0.5, 0.6) is 0 Å². The number of carbonyl (C=O) groups excluding carboxylic acids is 1. The molecule has 0 aromatic heterocycles. The van der Waals surface area contributed by atoms with E-state index in [0.29, 0.717) is 12.8 Å². The number of rotatable bonds is 6. The summed E-state index contributed by atoms with van der Waals surface area (Å²) in [5.74, 6) is 0.0450. The van der Waals surface area contributed by atoms with Gasteiger partial charge in [0.25, 0.3) is 0 Å². The lowest BCUT2D eigenvalue weighted by Gasteiger charge is -2.25. The van der Waals surface area contributed by atoms with Gasteiger partial charge in [-0.2, -0.15) is 0 Å². The van der Waals surface area contributed by atoms with Crippen LogP contribution in [0.25, 0.3) is 0 Å². The molecule has 2 aromatic rings. The van der Waals surface area contributed by atoms with Crippen LogP contribution < -0.4 is 5.14 Å². The number of nitrogens with zero attached hydrogens (tertiary/aromatic N) is 1. The number of benzene rings is 2. The third kappa shape index (κ3) is 5.14. The molecule has 2 N–H and O–H groups in total. The largest absolute Gasteiger partial charge is 0.339 e. The lowest BCUT2D eigenvalue weighted by atomic mass is 10.1. The number of carbonyl (C=O) groups is 1. The average molecular weight is 360 g/mol. The first kappa shape index (κ1) is 19.1. The Morgan fingerprint density at radius 2 is 1.64 bits per heavy atom. The zero-order chi connectivity index (χ0) is 18.6. The van der Waals surface area contributed by atoms with E-state index < -0.39 is 10.0 Å². The standard InChI is InChI=1S/C19H24N2O3S/c1-14-4-6-16(7-5-14)8-13-19(22)21(3)15(2)17-9-11-18(12-10-17)25(20,23)24/h4-7,9-12,15H,8,13H2,1-3H3,(H2,20,23,24). The van der Waals surface area contributed by atoms with E-state index in [2.05, 4.69) is 0 Å². The first-order valence-electron chi connectivity index (χ1n) is 8.12. The molecule has 1 unspecified atom stereocenters. The Kier molecular flexibility index (Phi) is 5.98. The summed E-state index contributed by atoms with van der Waals surface area (Å²) in [6.45, 7) is 3.95. The molecule has 6 heteroatoms. The molecule has 2 rings (SSSR count). The number of sulfonamides is 1. The molecule has 134 valence electrons. The smallest absolute Gasteiger partial charge is 0.238 e. The maximum Gasteiger partial charge on any atom is 0.238 e. The van der Waals surface area contributed by atoms with Crippen LogP contribution in [0.3, 0.4) is 0 Å². The molecular weight excluding hydrogens is 336 g/mol. The van der Waals surface area contributed by atoms with Gasteiger partial charge in [-0.05, 0) is 43.5 Å². The van der Waals surface area contributed by atoms with Gasteiger partial charge in [0.2, 0.25) is 15.9 Å². The second kappa shape index (κ2) is 7.80. The minimum Gasteiger partial charge on any atom is -0.339 e. The van der Waals surface area contributed by atoms with Crippen molar-refractivity contribution in [2.24, 2.45) is 5.14 Å². The monoisotopic (exact) mass is 360 g/mol. The highest BCUT2D eigenvalue weighted by Gasteiger charge is 2.18. The summed E-state index contributed by atoms with van der Waals surface area (Å²) in [5, 5.41) is 5.10. The van der Waals surface area contributed by atoms with Crippen molar-refractivity contribution >= 4 is 15.9 Å². The fraction of sp³-hybridized carbons (Fsp3) is 0.316. The molecule has 25 heavy (non-hydrogen) atoms. The molecule has 0 spiro atoms. The molecule has 0 bridgehead atoms. The molecule has 0 aliphatic carbocycles. The van der Waals surface area contributed by atoms with Crippen LogP contribution in [0.15, 0.2) is 53.4 Å². The summed E-state index contributed by atoms with van der Waals surface area (Å²) < 4.78 is 22.6. The summed E-state index contributed by atoms with van der Waals surface area (Å²) in [6.07, 6.45) is 1.12. The number of nitrogens with two attached hydrogens (primary N) is 1. The Morgan fingerprint density at radius 1 is 1.08 bits per heavy atom. The first-order valence-corrected chi connectivity index (χ1v) is 9.67. The number of primary sulfonamides is 1. The summed E-state index contributed by atoms with van der Waals surface area (Å²) in [5.41, 5.74) is 3.19. The third-order valence-corrected chi connectivity index (χ3v) is 5.34. The SMILES string of the molecule is Cc1ccc(CCC(=O)N(C)C(C)c2ccc(S(N)(=O)=O)cc2)cc1. The summed E-state index contributed by atoms with van der Waals surface area (Å²) in [6, 6.07) is 14.3. The predicted octanol–water partition coefficient (Wildman–Crippen LogP) is 2.79. The number of amides is 1. The van der Waals surface area contributed by atoms with E-state index in [1.165, 1.54) is 17.7 Å². The maximum atomic E-state index is 12.4. The molecule has 0 saturated heterocycles. The fourth-order valence-corrected chi connectivity index (χ4v) is 3.07. The third-order valence-electron chi connectivity index (χ3n) is 4.41. The highest BCUT2D eigenvalue weighted by Crippen LogP contribution is 2.21. The van der Waals surface area contributed by atoms with E-state index in [1.54, 1.807) is 24.1 Å². The molecule has 1 amide bonds. The Bertz CT molecular complexity index is 828. The highest BCUT2D eigenvalue weighted by atomic mass is 32.2. The molecule has 2 aromatic carbocycles. The van der Waals surface area contributed by atoms with E-state index in [0.717, 1.165) is 11.1 Å². The van der Waals surface area contributed by atoms with Crippen molar-refractivity contribution in [1.29, 1.82) is 0 Å². The van der Waals surface area contributed by atoms with Crippen LogP contribution in [-0.2, 0) is 21.2 Å². The first-order chi connectivity index (χ1) is 11.7. The Morgan fingerprint density at radius 3 is 2.16 bits per heavy atom. The summed E-state index contributed by atoms with van der Waals surface area (Å²) in [4.78, 5) is 14.2. The van der Waals surface area contributed by atoms with Gasteiger partial charge < -0.3 is 4.90 Å². The second-order valence-electron chi connectivity index (χ2n) is 6.28. The Hall–Kier alpha value is -2.18. The molecule has 1 atom stereocenters. The van der Waals surface area contributed by atoms with Gasteiger partial charge in [-0.3, -0.25) is 4.79 Å². The quantitative estimate of drug-likeness (QED) is 0.860. The van der Waals surface area contributed by atoms with Crippen LogP contribution in [-0.4, -0.2) is 26.3 Å². The van der Waals surface area contributed by atoms with Crippen LogP contribution in [0.4, 0.5) is 0 Å². The number of hydrogen-bond donors (Lipinski definition) is 1. The minimum absolute atomic E-state index is 0.0450. The highest BCUT2D eigenvalue weighted by molar-refractivity contribution is 7.89. The molecule has 5 nitrogen and oxygen atoms in total. The molecule has 0 radical (unpaired) electrons. The van der Waals surface area contributed by atoms with Crippen molar-refractivity contribution in [2.45, 2.75) is 37.6 Å². The van der Waals surface area contributed by atoms with Crippen molar-refractivity contribution in [3.05, 3.63) is 65.2 Å². The maximum absolute atomic E-state index is 12.4. The van der Waals surface area contributed by atoms with Gasteiger partial charge in [-0.25, -0.2) is 13.6 Å². The van der Waals surface area contributed by atoms with Crippen molar-refractivity contribution < 1.29 is 13.2 Å². The van der Waals surface area contributed by atoms with Gasteiger partial charge in [-0.15, -0.1) is 0 Å². The zero-order valence-corrected chi connectivity index (χ0v) is 15.6. The van der Waals surface area contributed by atoms with Crippen LogP contribution in [0, 0.1) is 6.92 Å². The Labute approximate surface area is 149 Å². The van der Waals surface area contributed by atoms with Gasteiger partial charge in [0.15, 0.2) is 0 Å². The van der Waals surface area contributed by atoms with Crippen LogP contribution in [0.1, 0.15) is 36.1 Å². The van der Waals surface area contributed by atoms with E-state index in [1.807, 2.05) is 38.1 Å². The van der Waals surface area contributed by atoms with Crippen LogP contribution in [0.2, 0.25) is 0 Å². The summed E-state index contributed by atoms with van der Waals surface area (Å²) in [7, 11) is -1.95. The lowest BCUT2D eigenvalue weighted by Crippen LogP contribution is -2.29. The lowest BCUT2D eigenvalue weighted by molar-refractivity contribution is -0.131. The second-order valence-corrected chi connectivity index (χ2v) is 7.84. The molecule has 0 aliphatic heterocycles. The Balaban J connectivity index is 1.99. The van der Waals surface area contributed by atoms with Crippen molar-refractivity contribution in [3.8, 4) is 0 Å². The normalized spacial score (nSPS) is 12.6. The number of hydrogen-bond acceptors (Lipinski definition) is 3. The molecule has 0 aliphatic rings. The molecule has 0 fully saturated rings. The molecule has 0 heterocycles. The van der Waals surface area contributed by atoms with Crippen molar-refractivity contribution in [1.82, 2.24) is 4.90 Å². The van der Waals surface area contributed by atoms with E-state index >= 15 is 0 Å². The minimum atomic E-state index is -3.70. The average Bonchev–Trinajstić information content (AvgIpc) is 2.59. The van der Waals surface area contributed by atoms with Gasteiger partial charge in [0, 0.05) is 13.5 Å². The fourth-order valence-electron chi connectivity index (χ4n) is 2.56. The van der Waals surface area contributed by atoms with Crippen molar-refractivity contribution in [3.63, 3.8) is 0 Å². The van der Waals surface area contributed by atoms with Crippen LogP contribution >= 0.6 is 0 Å². The van der Waals surface area contributed by atoms with Gasteiger partial charge in [-0.1, -0.05) is 42.0 Å². The summed E-state index contributed by atoms with van der Waals surface area (Å²) >= 11 is 0.